The topological polar surface area (TPSA) is 64.3 Å². The van der Waals surface area contributed by atoms with Crippen molar-refractivity contribution >= 4 is 27.5 Å². The van der Waals surface area contributed by atoms with Crippen molar-refractivity contribution in [1.29, 1.82) is 0 Å². The van der Waals surface area contributed by atoms with Gasteiger partial charge in [0.25, 0.3) is 5.91 Å². The molecule has 0 aromatic heterocycles. The van der Waals surface area contributed by atoms with Crippen LogP contribution in [-0.4, -0.2) is 18.6 Å². The molecule has 0 aliphatic heterocycles. The molecule has 0 saturated carbocycles. The van der Waals surface area contributed by atoms with Crippen molar-refractivity contribution in [3.63, 3.8) is 0 Å². The van der Waals surface area contributed by atoms with Crippen LogP contribution in [0.25, 0.3) is 0 Å². The first kappa shape index (κ1) is 16.8. The number of unbranched alkanes of at least 4 members (excludes halogenated alkanes) is 2. The molecule has 1 aromatic carbocycles. The number of ether oxygens (including phenoxy) is 1. The lowest BCUT2D eigenvalue weighted by molar-refractivity contribution is -0.127. The Balaban J connectivity index is 2.55. The molecule has 1 unspecified atom stereocenters. The van der Waals surface area contributed by atoms with Gasteiger partial charge in [0, 0.05) is 12.6 Å². The van der Waals surface area contributed by atoms with Crippen molar-refractivity contribution in [2.24, 2.45) is 0 Å². The minimum absolute atomic E-state index is 0.168. The normalized spacial score (nSPS) is 12.0. The molecular formula is C14H20BrFN2O2. The number of hydrogen-bond donors (Lipinski definition) is 2. The minimum Gasteiger partial charge on any atom is -0.479 e. The molecule has 0 radical (unpaired) electrons. The Hall–Kier alpha value is -1.30. The van der Waals surface area contributed by atoms with E-state index in [-0.39, 0.29) is 21.8 Å². The van der Waals surface area contributed by atoms with Crippen molar-refractivity contribution in [3.05, 3.63) is 22.4 Å². The molecule has 3 N–H and O–H groups in total. The van der Waals surface area contributed by atoms with Gasteiger partial charge < -0.3 is 15.8 Å². The average molecular weight is 347 g/mol. The van der Waals surface area contributed by atoms with Crippen LogP contribution in [0.4, 0.5) is 10.1 Å². The van der Waals surface area contributed by atoms with Crippen LogP contribution >= 0.6 is 15.9 Å². The second-order valence-electron chi connectivity index (χ2n) is 4.56. The summed E-state index contributed by atoms with van der Waals surface area (Å²) in [5.74, 6) is -0.546. The van der Waals surface area contributed by atoms with E-state index in [2.05, 4.69) is 28.2 Å². The van der Waals surface area contributed by atoms with E-state index in [4.69, 9.17) is 10.5 Å². The summed E-state index contributed by atoms with van der Waals surface area (Å²) in [6.45, 7) is 4.32. The summed E-state index contributed by atoms with van der Waals surface area (Å²) in [6, 6.07) is 2.58. The Morgan fingerprint density at radius 3 is 2.85 bits per heavy atom. The number of hydrogen-bond acceptors (Lipinski definition) is 3. The van der Waals surface area contributed by atoms with Gasteiger partial charge in [0.15, 0.2) is 6.10 Å². The number of rotatable bonds is 7. The van der Waals surface area contributed by atoms with Gasteiger partial charge in [0.2, 0.25) is 0 Å². The lowest BCUT2D eigenvalue weighted by Gasteiger charge is -2.16. The Morgan fingerprint density at radius 1 is 1.50 bits per heavy atom. The Morgan fingerprint density at radius 2 is 2.20 bits per heavy atom. The van der Waals surface area contributed by atoms with Gasteiger partial charge in [0.1, 0.15) is 11.6 Å². The number of nitrogens with one attached hydrogen (secondary N) is 1. The van der Waals surface area contributed by atoms with Crippen LogP contribution in [0.3, 0.4) is 0 Å². The summed E-state index contributed by atoms with van der Waals surface area (Å²) >= 11 is 3.03. The molecule has 0 aliphatic rings. The predicted molar refractivity (Wildman–Crippen MR) is 81.1 cm³/mol. The van der Waals surface area contributed by atoms with E-state index in [1.165, 1.54) is 12.1 Å². The van der Waals surface area contributed by atoms with Crippen LogP contribution < -0.4 is 15.8 Å². The number of halogens is 2. The lowest BCUT2D eigenvalue weighted by Crippen LogP contribution is -2.36. The second kappa shape index (κ2) is 8.09. The zero-order valence-electron chi connectivity index (χ0n) is 11.7. The highest BCUT2D eigenvalue weighted by Gasteiger charge is 2.16. The van der Waals surface area contributed by atoms with E-state index in [0.717, 1.165) is 19.3 Å². The molecule has 1 atom stereocenters. The number of nitrogens with two attached hydrogens (primary N) is 1. The summed E-state index contributed by atoms with van der Waals surface area (Å²) in [6.07, 6.45) is 2.38. The van der Waals surface area contributed by atoms with Crippen molar-refractivity contribution < 1.29 is 13.9 Å². The smallest absolute Gasteiger partial charge is 0.260 e. The average Bonchev–Trinajstić information content (AvgIpc) is 2.40. The van der Waals surface area contributed by atoms with Crippen LogP contribution in [0, 0.1) is 5.82 Å². The first-order chi connectivity index (χ1) is 9.45. The molecule has 1 rings (SSSR count). The molecule has 0 saturated heterocycles. The molecule has 0 spiro atoms. The minimum atomic E-state index is -0.723. The van der Waals surface area contributed by atoms with E-state index in [1.54, 1.807) is 6.92 Å². The summed E-state index contributed by atoms with van der Waals surface area (Å²) in [4.78, 5) is 11.8. The third-order valence-corrected chi connectivity index (χ3v) is 3.41. The molecule has 6 heteroatoms. The summed E-state index contributed by atoms with van der Waals surface area (Å²) in [7, 11) is 0. The molecule has 0 aliphatic carbocycles. The van der Waals surface area contributed by atoms with Gasteiger partial charge in [-0.25, -0.2) is 4.39 Å². The number of amides is 1. The highest BCUT2D eigenvalue weighted by atomic mass is 79.9. The molecule has 0 heterocycles. The van der Waals surface area contributed by atoms with Crippen LogP contribution in [0.5, 0.6) is 5.75 Å². The van der Waals surface area contributed by atoms with Crippen molar-refractivity contribution in [2.75, 3.05) is 12.3 Å². The summed E-state index contributed by atoms with van der Waals surface area (Å²) < 4.78 is 19.1. The third kappa shape index (κ3) is 5.00. The van der Waals surface area contributed by atoms with Crippen LogP contribution in [0.15, 0.2) is 16.6 Å². The molecule has 0 bridgehead atoms. The largest absolute Gasteiger partial charge is 0.479 e. The number of anilines is 1. The molecule has 20 heavy (non-hydrogen) atoms. The van der Waals surface area contributed by atoms with E-state index >= 15 is 0 Å². The first-order valence-electron chi connectivity index (χ1n) is 6.64. The SMILES string of the molecule is CCCCCNC(=O)C(C)Oc1cc(F)c(Br)cc1N. The maximum Gasteiger partial charge on any atom is 0.260 e. The number of carbonyl (C=O) groups is 1. The number of benzene rings is 1. The van der Waals surface area contributed by atoms with Crippen LogP contribution in [0.1, 0.15) is 33.1 Å². The fourth-order valence-electron chi connectivity index (χ4n) is 1.62. The number of nitrogen functional groups attached to an aromatic ring is 1. The van der Waals surface area contributed by atoms with E-state index in [0.29, 0.717) is 6.54 Å². The van der Waals surface area contributed by atoms with Gasteiger partial charge >= 0.3 is 0 Å². The monoisotopic (exact) mass is 346 g/mol. The van der Waals surface area contributed by atoms with E-state index < -0.39 is 11.9 Å². The Bertz CT molecular complexity index is 469. The second-order valence-corrected chi connectivity index (χ2v) is 5.42. The van der Waals surface area contributed by atoms with E-state index in [9.17, 15) is 9.18 Å². The van der Waals surface area contributed by atoms with Gasteiger partial charge in [-0.15, -0.1) is 0 Å². The quantitative estimate of drug-likeness (QED) is 0.588. The van der Waals surface area contributed by atoms with Crippen LogP contribution in [0.2, 0.25) is 0 Å². The molecule has 112 valence electrons. The van der Waals surface area contributed by atoms with Gasteiger partial charge in [0.05, 0.1) is 10.2 Å². The molecule has 4 nitrogen and oxygen atoms in total. The highest BCUT2D eigenvalue weighted by molar-refractivity contribution is 9.10. The van der Waals surface area contributed by atoms with Crippen LogP contribution in [-0.2, 0) is 4.79 Å². The van der Waals surface area contributed by atoms with Gasteiger partial charge in [-0.05, 0) is 35.3 Å². The van der Waals surface area contributed by atoms with E-state index in [1.807, 2.05) is 0 Å². The zero-order valence-corrected chi connectivity index (χ0v) is 13.3. The Labute approximate surface area is 127 Å². The molecule has 1 aromatic rings. The van der Waals surface area contributed by atoms with Crippen molar-refractivity contribution in [1.82, 2.24) is 5.32 Å². The molecule has 0 fully saturated rings. The standard InChI is InChI=1S/C14H20BrFN2O2/c1-3-4-5-6-18-14(19)9(2)20-13-8-11(16)10(15)7-12(13)17/h7-9H,3-6,17H2,1-2H3,(H,18,19). The third-order valence-electron chi connectivity index (χ3n) is 2.81. The van der Waals surface area contributed by atoms with Gasteiger partial charge in [-0.1, -0.05) is 19.8 Å². The fraction of sp³-hybridized carbons (Fsp3) is 0.500. The lowest BCUT2D eigenvalue weighted by atomic mass is 10.2. The Kier molecular flexibility index (Phi) is 6.78. The zero-order chi connectivity index (χ0) is 15.1. The van der Waals surface area contributed by atoms with Gasteiger partial charge in [-0.3, -0.25) is 4.79 Å². The molecular weight excluding hydrogens is 327 g/mol. The predicted octanol–water partition coefficient (Wildman–Crippen LogP) is 3.24. The van der Waals surface area contributed by atoms with Gasteiger partial charge in [-0.2, -0.15) is 0 Å². The summed E-state index contributed by atoms with van der Waals surface area (Å²) in [5.41, 5.74) is 6.01. The maximum atomic E-state index is 13.4. The fourth-order valence-corrected chi connectivity index (χ4v) is 1.98. The first-order valence-corrected chi connectivity index (χ1v) is 7.43. The number of carbonyl (C=O) groups excluding carboxylic acids is 1. The van der Waals surface area contributed by atoms with Crippen molar-refractivity contribution in [3.8, 4) is 5.75 Å². The summed E-state index contributed by atoms with van der Waals surface area (Å²) in [5, 5.41) is 2.78. The molecule has 1 amide bonds. The highest BCUT2D eigenvalue weighted by Crippen LogP contribution is 2.29. The van der Waals surface area contributed by atoms with Crippen molar-refractivity contribution in [2.45, 2.75) is 39.2 Å². The maximum absolute atomic E-state index is 13.4.